The summed E-state index contributed by atoms with van der Waals surface area (Å²) in [6.45, 7) is 4.77. The van der Waals surface area contributed by atoms with E-state index in [4.69, 9.17) is 25.0 Å². The van der Waals surface area contributed by atoms with Crippen LogP contribution in [0.3, 0.4) is 0 Å². The van der Waals surface area contributed by atoms with Crippen LogP contribution >= 0.6 is 7.60 Å². The standard InChI is InChI=1S/C37H58N9O16P/c1-19(2)62-63(6,60)61-18-27(46-35(56)25(12-13-30(50)51)44-29(49)16-40-34(55)24(38)14-23-10-8-7-9-11-23)36(57)43-20(3)31(52)39-15-28(48)41-21(4)32(53)42-22(5)33(54)45-26(17-47)37(58)59/h7-11,19-22,24-27,47H,12-18,38H2,1-6H3,(H,39,52)(H,40,55)(H,41,48)(H,42,53)(H,43,57)(H,44,49)(H,45,54)(H,46,56)(H,50,51)(H,58,59)/t20-,21-,22-,24-,25-,26-,27-,63?/m0/s1. The minimum absolute atomic E-state index is 0.156. The predicted molar refractivity (Wildman–Crippen MR) is 220 cm³/mol. The lowest BCUT2D eigenvalue weighted by Gasteiger charge is -2.25. The Kier molecular flexibility index (Phi) is 23.7. The largest absolute Gasteiger partial charge is 0.481 e. The molecule has 1 aromatic carbocycles. The Bertz CT molecular complexity index is 1840. The van der Waals surface area contributed by atoms with Gasteiger partial charge in [0, 0.05) is 13.1 Å². The fraction of sp³-hybridized carbons (Fsp3) is 0.568. The third kappa shape index (κ3) is 22.1. The first kappa shape index (κ1) is 55.0. The lowest BCUT2D eigenvalue weighted by atomic mass is 10.1. The number of hydrogen-bond donors (Lipinski definition) is 12. The zero-order valence-corrected chi connectivity index (χ0v) is 36.5. The lowest BCUT2D eigenvalue weighted by Crippen LogP contribution is -2.58. The van der Waals surface area contributed by atoms with Gasteiger partial charge in [0.05, 0.1) is 38.4 Å². The van der Waals surface area contributed by atoms with Crippen molar-refractivity contribution in [2.45, 2.75) is 102 Å². The Morgan fingerprint density at radius 3 is 1.70 bits per heavy atom. The highest BCUT2D eigenvalue weighted by Crippen LogP contribution is 2.45. The maximum atomic E-state index is 13.5. The summed E-state index contributed by atoms with van der Waals surface area (Å²) >= 11 is 0. The molecule has 25 nitrogen and oxygen atoms in total. The number of carboxylic acid groups (broad SMARTS) is 2. The van der Waals surface area contributed by atoms with E-state index in [1.165, 1.54) is 20.8 Å². The van der Waals surface area contributed by atoms with Crippen LogP contribution in [0.2, 0.25) is 0 Å². The van der Waals surface area contributed by atoms with E-state index in [1.807, 2.05) is 5.32 Å². The van der Waals surface area contributed by atoms with Gasteiger partial charge < -0.3 is 72.6 Å². The summed E-state index contributed by atoms with van der Waals surface area (Å²) in [6.07, 6.45) is -1.55. The zero-order valence-electron chi connectivity index (χ0n) is 35.6. The smallest absolute Gasteiger partial charge is 0.328 e. The molecule has 0 aromatic heterocycles. The molecule has 1 rings (SSSR count). The molecular weight excluding hydrogens is 857 g/mol. The summed E-state index contributed by atoms with van der Waals surface area (Å²) in [5, 5.41) is 45.3. The number of carbonyl (C=O) groups is 10. The minimum Gasteiger partial charge on any atom is -0.481 e. The summed E-state index contributed by atoms with van der Waals surface area (Å²) < 4.78 is 23.5. The van der Waals surface area contributed by atoms with Gasteiger partial charge in [-0.15, -0.1) is 0 Å². The number of aliphatic carboxylic acids is 2. The first-order valence-corrected chi connectivity index (χ1v) is 21.5. The van der Waals surface area contributed by atoms with Gasteiger partial charge in [-0.05, 0) is 53.0 Å². The minimum atomic E-state index is -3.86. The quantitative estimate of drug-likeness (QED) is 0.0356. The summed E-state index contributed by atoms with van der Waals surface area (Å²) in [4.78, 5) is 125. The van der Waals surface area contributed by atoms with Crippen LogP contribution < -0.4 is 48.3 Å². The molecule has 0 saturated carbocycles. The second-order valence-corrected chi connectivity index (χ2v) is 16.4. The fourth-order valence-electron chi connectivity index (χ4n) is 5.06. The van der Waals surface area contributed by atoms with E-state index in [0.717, 1.165) is 12.2 Å². The third-order valence-corrected chi connectivity index (χ3v) is 9.79. The molecule has 63 heavy (non-hydrogen) atoms. The molecule has 0 fully saturated rings. The van der Waals surface area contributed by atoms with Crippen LogP contribution in [0.25, 0.3) is 0 Å². The van der Waals surface area contributed by atoms with Gasteiger partial charge in [-0.3, -0.25) is 47.7 Å². The van der Waals surface area contributed by atoms with Gasteiger partial charge in [0.25, 0.3) is 0 Å². The van der Waals surface area contributed by atoms with E-state index < -0.39 is 154 Å². The van der Waals surface area contributed by atoms with Gasteiger partial charge in [0.15, 0.2) is 0 Å². The Morgan fingerprint density at radius 2 is 1.14 bits per heavy atom. The number of nitrogens with one attached hydrogen (secondary N) is 8. The highest BCUT2D eigenvalue weighted by molar-refractivity contribution is 7.53. The summed E-state index contributed by atoms with van der Waals surface area (Å²) in [5.74, 6) is -10.3. The predicted octanol–water partition coefficient (Wildman–Crippen LogP) is -4.04. The van der Waals surface area contributed by atoms with Crippen molar-refractivity contribution in [2.24, 2.45) is 5.73 Å². The van der Waals surface area contributed by atoms with Crippen molar-refractivity contribution in [1.29, 1.82) is 0 Å². The van der Waals surface area contributed by atoms with Crippen molar-refractivity contribution in [3.8, 4) is 0 Å². The van der Waals surface area contributed by atoms with Gasteiger partial charge in [0.2, 0.25) is 47.3 Å². The van der Waals surface area contributed by atoms with Crippen LogP contribution in [0.4, 0.5) is 0 Å². The van der Waals surface area contributed by atoms with Crippen LogP contribution in [0, 0.1) is 0 Å². The SMILES string of the molecule is CC(C)OP(C)(=O)OC[C@H](NC(=O)[C@H](CCC(=O)O)NC(=O)CNC(=O)[C@@H](N)Cc1ccccc1)C(=O)N[C@@H](C)C(=O)NCC(=O)N[C@@H](C)C(=O)N[C@@H](C)C(=O)N[C@@H](CO)C(=O)O. The molecule has 0 spiro atoms. The number of aliphatic hydroxyl groups excluding tert-OH is 1. The van der Waals surface area contributed by atoms with Crippen LogP contribution in [0.5, 0.6) is 0 Å². The topological polar surface area (TPSA) is 389 Å². The molecule has 0 aliphatic carbocycles. The van der Waals surface area contributed by atoms with E-state index in [9.17, 15) is 57.6 Å². The number of carbonyl (C=O) groups excluding carboxylic acids is 8. The first-order valence-electron chi connectivity index (χ1n) is 19.5. The molecule has 26 heteroatoms. The van der Waals surface area contributed by atoms with Crippen molar-refractivity contribution < 1.29 is 76.9 Å². The second kappa shape index (κ2) is 27.1. The van der Waals surface area contributed by atoms with E-state index in [-0.39, 0.29) is 6.42 Å². The third-order valence-electron chi connectivity index (χ3n) is 8.36. The molecule has 1 unspecified atom stereocenters. The number of amides is 8. The van der Waals surface area contributed by atoms with Gasteiger partial charge >= 0.3 is 19.5 Å². The van der Waals surface area contributed by atoms with Crippen LogP contribution in [-0.2, 0) is 68.0 Å². The molecule has 0 heterocycles. The summed E-state index contributed by atoms with van der Waals surface area (Å²) in [5.41, 5.74) is 6.71. The van der Waals surface area contributed by atoms with E-state index in [1.54, 1.807) is 44.2 Å². The van der Waals surface area contributed by atoms with Crippen molar-refractivity contribution in [3.63, 3.8) is 0 Å². The van der Waals surface area contributed by atoms with Crippen LogP contribution in [-0.4, -0.2) is 156 Å². The monoisotopic (exact) mass is 915 g/mol. The summed E-state index contributed by atoms with van der Waals surface area (Å²) in [7, 11) is -3.86. The fourth-order valence-corrected chi connectivity index (χ4v) is 6.31. The van der Waals surface area contributed by atoms with Crippen LogP contribution in [0.15, 0.2) is 30.3 Å². The number of rotatable bonds is 28. The Hall–Kier alpha value is -6.01. The number of nitrogens with two attached hydrogens (primary N) is 1. The van der Waals surface area contributed by atoms with Gasteiger partial charge in [-0.2, -0.15) is 0 Å². The van der Waals surface area contributed by atoms with E-state index in [0.29, 0.717) is 0 Å². The van der Waals surface area contributed by atoms with Crippen LogP contribution in [0.1, 0.15) is 53.0 Å². The maximum absolute atomic E-state index is 13.5. The Morgan fingerprint density at radius 1 is 0.651 bits per heavy atom. The number of carboxylic acids is 2. The number of benzene rings is 1. The molecule has 0 radical (unpaired) electrons. The average molecular weight is 916 g/mol. The maximum Gasteiger partial charge on any atom is 0.328 e. The van der Waals surface area contributed by atoms with Gasteiger partial charge in [0.1, 0.15) is 36.3 Å². The Labute approximate surface area is 362 Å². The lowest BCUT2D eigenvalue weighted by molar-refractivity contribution is -0.143. The highest BCUT2D eigenvalue weighted by Gasteiger charge is 2.32. The van der Waals surface area contributed by atoms with Gasteiger partial charge in [-0.25, -0.2) is 4.79 Å². The van der Waals surface area contributed by atoms with Gasteiger partial charge in [-0.1, -0.05) is 30.3 Å². The van der Waals surface area contributed by atoms with Crippen molar-refractivity contribution in [1.82, 2.24) is 42.5 Å². The van der Waals surface area contributed by atoms with E-state index in [2.05, 4.69) is 37.2 Å². The zero-order chi connectivity index (χ0) is 48.0. The normalized spacial score (nSPS) is 15.3. The molecular formula is C37H58N9O16P. The molecule has 0 bridgehead atoms. The first-order chi connectivity index (χ1) is 29.3. The van der Waals surface area contributed by atoms with Crippen molar-refractivity contribution >= 4 is 66.8 Å². The molecule has 1 aromatic rings. The molecule has 8 amide bonds. The van der Waals surface area contributed by atoms with Crippen molar-refractivity contribution in [3.05, 3.63) is 35.9 Å². The Balaban J connectivity index is 2.97. The van der Waals surface area contributed by atoms with Crippen molar-refractivity contribution in [2.75, 3.05) is 33.0 Å². The molecule has 0 aliphatic heterocycles. The average Bonchev–Trinajstić information content (AvgIpc) is 3.20. The molecule has 0 aliphatic rings. The summed E-state index contributed by atoms with van der Waals surface area (Å²) in [6, 6.07) is -1.14. The molecule has 13 N–H and O–H groups in total. The molecule has 352 valence electrons. The molecule has 8 atom stereocenters. The second-order valence-electron chi connectivity index (χ2n) is 14.4. The number of aliphatic hydroxyl groups is 1. The molecule has 0 saturated heterocycles. The van der Waals surface area contributed by atoms with E-state index >= 15 is 0 Å². The number of hydrogen-bond acceptors (Lipinski definition) is 15. The highest BCUT2D eigenvalue weighted by atomic mass is 31.2.